The van der Waals surface area contributed by atoms with Crippen molar-refractivity contribution in [2.24, 2.45) is 5.41 Å². The summed E-state index contributed by atoms with van der Waals surface area (Å²) in [7, 11) is 0. The monoisotopic (exact) mass is 266 g/mol. The van der Waals surface area contributed by atoms with Gasteiger partial charge in [0.2, 0.25) is 0 Å². The van der Waals surface area contributed by atoms with E-state index in [4.69, 9.17) is 5.11 Å². The third-order valence-corrected chi connectivity index (χ3v) is 2.19. The number of ketones is 1. The van der Waals surface area contributed by atoms with Crippen molar-refractivity contribution in [1.82, 2.24) is 0 Å². The molecule has 0 unspecified atom stereocenters. The Labute approximate surface area is 93.6 Å². The van der Waals surface area contributed by atoms with Crippen LogP contribution in [0.1, 0.15) is 27.2 Å². The molecular formula is C9H12F6O2. The molecule has 8 heteroatoms. The van der Waals surface area contributed by atoms with Gasteiger partial charge in [0.15, 0.2) is 0 Å². The predicted octanol–water partition coefficient (Wildman–Crippen LogP) is 2.85. The molecule has 0 saturated carbocycles. The van der Waals surface area contributed by atoms with Crippen molar-refractivity contribution in [2.75, 3.05) is 0 Å². The van der Waals surface area contributed by atoms with Crippen LogP contribution in [0, 0.1) is 5.41 Å². The van der Waals surface area contributed by atoms with Gasteiger partial charge in [0, 0.05) is 5.41 Å². The minimum atomic E-state index is -5.95. The summed E-state index contributed by atoms with van der Waals surface area (Å²) in [6, 6.07) is 0. The van der Waals surface area contributed by atoms with E-state index in [0.29, 0.717) is 0 Å². The molecule has 0 aliphatic rings. The summed E-state index contributed by atoms with van der Waals surface area (Å²) in [6.45, 7) is 3.51. The van der Waals surface area contributed by atoms with Crippen molar-refractivity contribution in [3.63, 3.8) is 0 Å². The lowest BCUT2D eigenvalue weighted by molar-refractivity contribution is -0.367. The molecule has 0 fully saturated rings. The number of alkyl halides is 6. The highest BCUT2D eigenvalue weighted by Gasteiger charge is 2.71. The Morgan fingerprint density at radius 3 is 1.41 bits per heavy atom. The smallest absolute Gasteiger partial charge is 0.373 e. The molecule has 102 valence electrons. The van der Waals surface area contributed by atoms with Crippen molar-refractivity contribution < 1.29 is 36.2 Å². The molecule has 0 heterocycles. The van der Waals surface area contributed by atoms with E-state index >= 15 is 0 Å². The average Bonchev–Trinajstić information content (AvgIpc) is 1.97. The molecule has 0 aliphatic carbocycles. The second-order valence-electron chi connectivity index (χ2n) is 4.71. The van der Waals surface area contributed by atoms with E-state index in [2.05, 4.69) is 0 Å². The summed E-state index contributed by atoms with van der Waals surface area (Å²) >= 11 is 0. The molecule has 0 radical (unpaired) electrons. The number of carbonyl (C=O) groups is 1. The summed E-state index contributed by atoms with van der Waals surface area (Å²) in [5, 5.41) is 8.75. The van der Waals surface area contributed by atoms with Crippen LogP contribution in [0.2, 0.25) is 0 Å². The Bertz CT molecular complexity index is 282. The summed E-state index contributed by atoms with van der Waals surface area (Å²) in [6.07, 6.45) is -13.9. The van der Waals surface area contributed by atoms with E-state index in [0.717, 1.165) is 0 Å². The zero-order valence-electron chi connectivity index (χ0n) is 9.33. The van der Waals surface area contributed by atoms with Gasteiger partial charge in [-0.05, 0) is 0 Å². The average molecular weight is 266 g/mol. The quantitative estimate of drug-likeness (QED) is 0.780. The SMILES string of the molecule is CC(C)(C)C(=O)CC(O)(C(F)(F)F)C(F)(F)F. The van der Waals surface area contributed by atoms with E-state index in [1.807, 2.05) is 0 Å². The Balaban J connectivity index is 5.35. The van der Waals surface area contributed by atoms with Crippen LogP contribution in [-0.2, 0) is 4.79 Å². The third-order valence-electron chi connectivity index (χ3n) is 2.19. The van der Waals surface area contributed by atoms with Crippen molar-refractivity contribution in [3.8, 4) is 0 Å². The highest BCUT2D eigenvalue weighted by Crippen LogP contribution is 2.46. The Kier molecular flexibility index (Phi) is 3.96. The van der Waals surface area contributed by atoms with Gasteiger partial charge in [0.25, 0.3) is 5.60 Å². The largest absolute Gasteiger partial charge is 0.426 e. The van der Waals surface area contributed by atoms with Gasteiger partial charge >= 0.3 is 12.4 Å². The lowest BCUT2D eigenvalue weighted by Crippen LogP contribution is -2.58. The first kappa shape index (κ1) is 16.2. The zero-order valence-corrected chi connectivity index (χ0v) is 9.33. The topological polar surface area (TPSA) is 37.3 Å². The number of hydrogen-bond acceptors (Lipinski definition) is 2. The molecule has 0 aromatic heterocycles. The first-order valence-corrected chi connectivity index (χ1v) is 4.52. The maximum Gasteiger partial charge on any atom is 0.426 e. The standard InChI is InChI=1S/C9H12F6O2/c1-6(2,3)5(16)4-7(17,8(10,11)12)9(13,14)15/h17H,4H2,1-3H3. The van der Waals surface area contributed by atoms with E-state index < -0.39 is 35.6 Å². The van der Waals surface area contributed by atoms with E-state index in [1.54, 1.807) is 0 Å². The molecule has 0 aliphatic heterocycles. The van der Waals surface area contributed by atoms with Gasteiger partial charge in [-0.25, -0.2) is 0 Å². The van der Waals surface area contributed by atoms with Gasteiger partial charge in [-0.15, -0.1) is 0 Å². The van der Waals surface area contributed by atoms with Crippen molar-refractivity contribution in [1.29, 1.82) is 0 Å². The Morgan fingerprint density at radius 1 is 0.941 bits per heavy atom. The number of halogens is 6. The molecule has 1 N–H and O–H groups in total. The van der Waals surface area contributed by atoms with Crippen molar-refractivity contribution in [2.45, 2.75) is 45.1 Å². The fourth-order valence-electron chi connectivity index (χ4n) is 0.859. The van der Waals surface area contributed by atoms with Gasteiger partial charge in [-0.3, -0.25) is 4.79 Å². The highest BCUT2D eigenvalue weighted by molar-refractivity contribution is 5.84. The first-order chi connectivity index (χ1) is 7.13. The van der Waals surface area contributed by atoms with Gasteiger partial charge < -0.3 is 5.11 Å². The number of Topliss-reactive ketones (excluding diaryl/α,β-unsaturated/α-hetero) is 1. The van der Waals surface area contributed by atoms with Gasteiger partial charge in [0.05, 0.1) is 6.42 Å². The molecule has 0 atom stereocenters. The number of carbonyl (C=O) groups excluding carboxylic acids is 1. The molecule has 2 nitrogen and oxygen atoms in total. The third kappa shape index (κ3) is 3.34. The lowest BCUT2D eigenvalue weighted by atomic mass is 9.82. The first-order valence-electron chi connectivity index (χ1n) is 4.52. The van der Waals surface area contributed by atoms with Gasteiger partial charge in [-0.2, -0.15) is 26.3 Å². The van der Waals surface area contributed by atoms with Crippen LogP contribution in [0.15, 0.2) is 0 Å². The fourth-order valence-corrected chi connectivity index (χ4v) is 0.859. The number of hydrogen-bond donors (Lipinski definition) is 1. The van der Waals surface area contributed by atoms with Crippen molar-refractivity contribution >= 4 is 5.78 Å². The van der Waals surface area contributed by atoms with Gasteiger partial charge in [-0.1, -0.05) is 20.8 Å². The molecule has 0 saturated heterocycles. The predicted molar refractivity (Wildman–Crippen MR) is 46.1 cm³/mol. The second-order valence-corrected chi connectivity index (χ2v) is 4.71. The summed E-state index contributed by atoms with van der Waals surface area (Å²) in [5.41, 5.74) is -6.39. The Hall–Kier alpha value is -0.790. The summed E-state index contributed by atoms with van der Waals surface area (Å²) in [4.78, 5) is 11.2. The number of rotatable bonds is 2. The molecule has 0 aromatic rings. The fraction of sp³-hybridized carbons (Fsp3) is 0.889. The van der Waals surface area contributed by atoms with E-state index in [9.17, 15) is 31.1 Å². The number of aliphatic hydroxyl groups is 1. The maximum atomic E-state index is 12.2. The zero-order chi connectivity index (χ0) is 14.3. The Morgan fingerprint density at radius 2 is 1.24 bits per heavy atom. The van der Waals surface area contributed by atoms with Crippen LogP contribution < -0.4 is 0 Å². The van der Waals surface area contributed by atoms with Gasteiger partial charge in [0.1, 0.15) is 5.78 Å². The lowest BCUT2D eigenvalue weighted by Gasteiger charge is -2.33. The molecule has 17 heavy (non-hydrogen) atoms. The molecule has 0 rings (SSSR count). The van der Waals surface area contributed by atoms with E-state index in [-0.39, 0.29) is 0 Å². The molecule has 0 spiro atoms. The second kappa shape index (κ2) is 4.15. The molecule has 0 bridgehead atoms. The maximum absolute atomic E-state index is 12.2. The van der Waals surface area contributed by atoms with Crippen LogP contribution in [0.4, 0.5) is 26.3 Å². The minimum absolute atomic E-state index is 1.17. The van der Waals surface area contributed by atoms with Crippen LogP contribution in [0.3, 0.4) is 0 Å². The molecule has 0 aromatic carbocycles. The van der Waals surface area contributed by atoms with Crippen LogP contribution in [0.5, 0.6) is 0 Å². The van der Waals surface area contributed by atoms with Crippen LogP contribution >= 0.6 is 0 Å². The summed E-state index contributed by atoms with van der Waals surface area (Å²) in [5.74, 6) is -1.32. The van der Waals surface area contributed by atoms with Crippen LogP contribution in [0.25, 0.3) is 0 Å². The molecular weight excluding hydrogens is 254 g/mol. The van der Waals surface area contributed by atoms with Crippen LogP contribution in [-0.4, -0.2) is 28.8 Å². The highest BCUT2D eigenvalue weighted by atomic mass is 19.4. The van der Waals surface area contributed by atoms with E-state index in [1.165, 1.54) is 20.8 Å². The molecule has 0 amide bonds. The van der Waals surface area contributed by atoms with Crippen molar-refractivity contribution in [3.05, 3.63) is 0 Å². The normalized spacial score (nSPS) is 14.9. The summed E-state index contributed by atoms with van der Waals surface area (Å²) < 4.78 is 73.4. The minimum Gasteiger partial charge on any atom is -0.373 e.